The predicted octanol–water partition coefficient (Wildman–Crippen LogP) is 1.74. The van der Waals surface area contributed by atoms with Gasteiger partial charge >= 0.3 is 5.97 Å². The summed E-state index contributed by atoms with van der Waals surface area (Å²) in [6.07, 6.45) is 0.743. The fourth-order valence-corrected chi connectivity index (χ4v) is 1.58. The summed E-state index contributed by atoms with van der Waals surface area (Å²) in [7, 11) is 0. The van der Waals surface area contributed by atoms with Crippen molar-refractivity contribution in [1.82, 2.24) is 5.32 Å². The van der Waals surface area contributed by atoms with Gasteiger partial charge in [0.25, 0.3) is 5.91 Å². The lowest BCUT2D eigenvalue weighted by atomic mass is 10.1. The molecule has 19 heavy (non-hydrogen) atoms. The number of amides is 1. The molecule has 0 fully saturated rings. The van der Waals surface area contributed by atoms with Crippen LogP contribution in [-0.2, 0) is 11.2 Å². The number of carbonyl (C=O) groups is 2. The Morgan fingerprint density at radius 3 is 2.53 bits per heavy atom. The molecule has 1 rings (SSSR count). The summed E-state index contributed by atoms with van der Waals surface area (Å²) in [4.78, 5) is 22.3. The minimum atomic E-state index is -0.873. The van der Waals surface area contributed by atoms with Crippen molar-refractivity contribution < 1.29 is 14.7 Å². The number of nitrogens with one attached hydrogen (secondary N) is 1. The molecule has 0 bridgehead atoms. The molecule has 0 radical (unpaired) electrons. The zero-order chi connectivity index (χ0) is 14.3. The van der Waals surface area contributed by atoms with Gasteiger partial charge in [-0.1, -0.05) is 12.1 Å². The number of nitriles is 1. The van der Waals surface area contributed by atoms with Crippen LogP contribution in [-0.4, -0.2) is 23.0 Å². The molecule has 5 heteroatoms. The Labute approximate surface area is 111 Å². The molecular weight excluding hydrogens is 244 g/mol. The molecular formula is C14H16N2O3. The molecule has 0 heterocycles. The molecule has 2 N–H and O–H groups in total. The van der Waals surface area contributed by atoms with E-state index in [1.165, 1.54) is 0 Å². The number of hydrogen-bond acceptors (Lipinski definition) is 3. The van der Waals surface area contributed by atoms with E-state index in [0.717, 1.165) is 5.56 Å². The van der Waals surface area contributed by atoms with Gasteiger partial charge in [0.1, 0.15) is 0 Å². The van der Waals surface area contributed by atoms with Crippen LogP contribution in [0, 0.1) is 11.3 Å². The fourth-order valence-electron chi connectivity index (χ4n) is 1.58. The van der Waals surface area contributed by atoms with Gasteiger partial charge in [0.05, 0.1) is 12.5 Å². The fraction of sp³-hybridized carbons (Fsp3) is 0.357. The second kappa shape index (κ2) is 7.17. The van der Waals surface area contributed by atoms with Crippen molar-refractivity contribution in [3.63, 3.8) is 0 Å². The molecule has 100 valence electrons. The Kier molecular flexibility index (Phi) is 5.55. The molecule has 1 unspecified atom stereocenters. The summed E-state index contributed by atoms with van der Waals surface area (Å²) in [6.45, 7) is 1.77. The Balaban J connectivity index is 2.53. The Morgan fingerprint density at radius 1 is 1.37 bits per heavy atom. The maximum Gasteiger partial charge on any atom is 0.303 e. The molecule has 0 aliphatic heterocycles. The lowest BCUT2D eigenvalue weighted by Crippen LogP contribution is -2.32. The first-order valence-electron chi connectivity index (χ1n) is 6.01. The van der Waals surface area contributed by atoms with Gasteiger partial charge in [-0.15, -0.1) is 0 Å². The van der Waals surface area contributed by atoms with E-state index in [1.807, 2.05) is 6.07 Å². The number of carbonyl (C=O) groups excluding carboxylic acids is 1. The molecule has 1 atom stereocenters. The van der Waals surface area contributed by atoms with Crippen LogP contribution in [0.25, 0.3) is 0 Å². The Morgan fingerprint density at radius 2 is 2.00 bits per heavy atom. The summed E-state index contributed by atoms with van der Waals surface area (Å²) >= 11 is 0. The third-order valence-corrected chi connectivity index (χ3v) is 2.67. The summed E-state index contributed by atoms with van der Waals surface area (Å²) in [5.74, 6) is -1.11. The van der Waals surface area contributed by atoms with Crippen molar-refractivity contribution in [2.45, 2.75) is 32.2 Å². The van der Waals surface area contributed by atoms with Crippen LogP contribution < -0.4 is 5.32 Å². The first-order valence-corrected chi connectivity index (χ1v) is 6.01. The monoisotopic (exact) mass is 260 g/mol. The highest BCUT2D eigenvalue weighted by Crippen LogP contribution is 2.06. The van der Waals surface area contributed by atoms with E-state index >= 15 is 0 Å². The molecule has 0 aliphatic carbocycles. The van der Waals surface area contributed by atoms with Crippen LogP contribution in [0.5, 0.6) is 0 Å². The first kappa shape index (κ1) is 14.7. The summed E-state index contributed by atoms with van der Waals surface area (Å²) in [5, 5.41) is 19.8. The molecule has 0 spiro atoms. The van der Waals surface area contributed by atoms with Gasteiger partial charge < -0.3 is 10.4 Å². The molecule has 0 saturated carbocycles. The van der Waals surface area contributed by atoms with E-state index in [0.29, 0.717) is 18.4 Å². The highest BCUT2D eigenvalue weighted by molar-refractivity contribution is 5.94. The largest absolute Gasteiger partial charge is 0.481 e. The standard InChI is InChI=1S/C14H16N2O3/c1-10(2-7-13(17)18)16-14(19)12-5-3-11(4-6-12)8-9-15/h3-6,10H,2,7-8H2,1H3,(H,16,19)(H,17,18). The van der Waals surface area contributed by atoms with Crippen LogP contribution in [0.1, 0.15) is 35.7 Å². The van der Waals surface area contributed by atoms with E-state index in [-0.39, 0.29) is 18.4 Å². The minimum Gasteiger partial charge on any atom is -0.481 e. The van der Waals surface area contributed by atoms with Gasteiger partial charge in [-0.3, -0.25) is 9.59 Å². The number of hydrogen-bond donors (Lipinski definition) is 2. The minimum absolute atomic E-state index is 0.0303. The van der Waals surface area contributed by atoms with Crippen molar-refractivity contribution in [2.75, 3.05) is 0 Å². The average molecular weight is 260 g/mol. The smallest absolute Gasteiger partial charge is 0.303 e. The van der Waals surface area contributed by atoms with E-state index in [9.17, 15) is 9.59 Å². The van der Waals surface area contributed by atoms with Gasteiger partial charge in [0, 0.05) is 18.0 Å². The number of carboxylic acid groups (broad SMARTS) is 1. The van der Waals surface area contributed by atoms with Gasteiger partial charge in [0.15, 0.2) is 0 Å². The molecule has 5 nitrogen and oxygen atoms in total. The van der Waals surface area contributed by atoms with E-state index in [4.69, 9.17) is 10.4 Å². The summed E-state index contributed by atoms with van der Waals surface area (Å²) in [6, 6.07) is 8.63. The molecule has 0 saturated heterocycles. The van der Waals surface area contributed by atoms with Gasteiger partial charge in [-0.2, -0.15) is 5.26 Å². The third-order valence-electron chi connectivity index (χ3n) is 2.67. The lowest BCUT2D eigenvalue weighted by Gasteiger charge is -2.12. The topological polar surface area (TPSA) is 90.2 Å². The van der Waals surface area contributed by atoms with Crippen molar-refractivity contribution in [3.05, 3.63) is 35.4 Å². The number of carboxylic acids is 1. The van der Waals surface area contributed by atoms with Crippen molar-refractivity contribution in [3.8, 4) is 6.07 Å². The number of nitrogens with zero attached hydrogens (tertiary/aromatic N) is 1. The number of rotatable bonds is 6. The molecule has 0 aromatic heterocycles. The second-order valence-corrected chi connectivity index (χ2v) is 4.34. The highest BCUT2D eigenvalue weighted by Gasteiger charge is 2.10. The Bertz CT molecular complexity index is 488. The van der Waals surface area contributed by atoms with Crippen molar-refractivity contribution in [2.24, 2.45) is 0 Å². The summed E-state index contributed by atoms with van der Waals surface area (Å²) in [5.41, 5.74) is 1.36. The summed E-state index contributed by atoms with van der Waals surface area (Å²) < 4.78 is 0. The lowest BCUT2D eigenvalue weighted by molar-refractivity contribution is -0.137. The molecule has 0 aliphatic rings. The van der Waals surface area contributed by atoms with Gasteiger partial charge in [0.2, 0.25) is 0 Å². The van der Waals surface area contributed by atoms with Crippen LogP contribution in [0.3, 0.4) is 0 Å². The SMILES string of the molecule is CC(CCC(=O)O)NC(=O)c1ccc(CC#N)cc1. The molecule has 1 amide bonds. The highest BCUT2D eigenvalue weighted by atomic mass is 16.4. The van der Waals surface area contributed by atoms with Gasteiger partial charge in [-0.05, 0) is 31.0 Å². The maximum atomic E-state index is 11.8. The van der Waals surface area contributed by atoms with Crippen LogP contribution in [0.2, 0.25) is 0 Å². The van der Waals surface area contributed by atoms with Crippen LogP contribution in [0.15, 0.2) is 24.3 Å². The molecule has 1 aromatic carbocycles. The van der Waals surface area contributed by atoms with Crippen LogP contribution >= 0.6 is 0 Å². The quantitative estimate of drug-likeness (QED) is 0.815. The number of benzene rings is 1. The van der Waals surface area contributed by atoms with Gasteiger partial charge in [-0.25, -0.2) is 0 Å². The zero-order valence-corrected chi connectivity index (χ0v) is 10.7. The predicted molar refractivity (Wildman–Crippen MR) is 69.6 cm³/mol. The van der Waals surface area contributed by atoms with E-state index in [2.05, 4.69) is 5.32 Å². The van der Waals surface area contributed by atoms with E-state index < -0.39 is 5.97 Å². The number of aliphatic carboxylic acids is 1. The van der Waals surface area contributed by atoms with Crippen molar-refractivity contribution in [1.29, 1.82) is 5.26 Å². The second-order valence-electron chi connectivity index (χ2n) is 4.34. The Hall–Kier alpha value is -2.35. The van der Waals surface area contributed by atoms with Crippen LogP contribution in [0.4, 0.5) is 0 Å². The zero-order valence-electron chi connectivity index (χ0n) is 10.7. The van der Waals surface area contributed by atoms with E-state index in [1.54, 1.807) is 31.2 Å². The molecule has 1 aromatic rings. The first-order chi connectivity index (χ1) is 9.02. The maximum absolute atomic E-state index is 11.8. The normalized spacial score (nSPS) is 11.4. The third kappa shape index (κ3) is 5.21. The van der Waals surface area contributed by atoms with Crippen molar-refractivity contribution >= 4 is 11.9 Å². The average Bonchev–Trinajstić information content (AvgIpc) is 2.37.